The Morgan fingerprint density at radius 1 is 1.14 bits per heavy atom. The summed E-state index contributed by atoms with van der Waals surface area (Å²) >= 11 is 0. The molecule has 120 valence electrons. The van der Waals surface area contributed by atoms with Gasteiger partial charge < -0.3 is 25.2 Å². The van der Waals surface area contributed by atoms with Gasteiger partial charge in [0.15, 0.2) is 11.5 Å². The minimum absolute atomic E-state index is 0.306. The van der Waals surface area contributed by atoms with Crippen LogP contribution in [0.4, 0.5) is 0 Å². The predicted octanol–water partition coefficient (Wildman–Crippen LogP) is 1.80. The van der Waals surface area contributed by atoms with Crippen molar-refractivity contribution in [1.82, 2.24) is 4.90 Å². The summed E-state index contributed by atoms with van der Waals surface area (Å²) in [5.41, 5.74) is 6.83. The van der Waals surface area contributed by atoms with Gasteiger partial charge in [-0.15, -0.1) is 0 Å². The van der Waals surface area contributed by atoms with Gasteiger partial charge in [-0.05, 0) is 58.6 Å². The zero-order valence-electron chi connectivity index (χ0n) is 13.5. The molecular weight excluding hydrogens is 268 g/mol. The van der Waals surface area contributed by atoms with Gasteiger partial charge in [0.25, 0.3) is 0 Å². The van der Waals surface area contributed by atoms with Gasteiger partial charge in [0.1, 0.15) is 0 Å². The van der Waals surface area contributed by atoms with Crippen molar-refractivity contribution in [2.24, 2.45) is 5.73 Å². The number of rotatable bonds is 9. The largest absolute Gasteiger partial charge is 0.490 e. The highest BCUT2D eigenvalue weighted by atomic mass is 16.5. The van der Waals surface area contributed by atoms with Crippen LogP contribution in [0.15, 0.2) is 18.2 Å². The third-order valence-corrected chi connectivity index (χ3v) is 3.22. The maximum Gasteiger partial charge on any atom is 0.161 e. The molecule has 0 fully saturated rings. The van der Waals surface area contributed by atoms with Crippen LogP contribution < -0.4 is 15.2 Å². The van der Waals surface area contributed by atoms with Crippen LogP contribution in [0.25, 0.3) is 0 Å². The highest BCUT2D eigenvalue weighted by Gasteiger charge is 2.19. The average molecular weight is 296 g/mol. The zero-order valence-corrected chi connectivity index (χ0v) is 13.5. The van der Waals surface area contributed by atoms with Crippen molar-refractivity contribution < 1.29 is 14.6 Å². The van der Waals surface area contributed by atoms with E-state index in [1.165, 1.54) is 0 Å². The molecule has 0 saturated carbocycles. The molecule has 3 N–H and O–H groups in total. The fraction of sp³-hybridized carbons (Fsp3) is 0.625. The second kappa shape index (κ2) is 8.87. The monoisotopic (exact) mass is 296 g/mol. The molecule has 0 aliphatic carbocycles. The van der Waals surface area contributed by atoms with Gasteiger partial charge in [-0.3, -0.25) is 0 Å². The third-order valence-electron chi connectivity index (χ3n) is 3.22. The van der Waals surface area contributed by atoms with Crippen molar-refractivity contribution in [1.29, 1.82) is 0 Å². The van der Waals surface area contributed by atoms with E-state index in [9.17, 15) is 5.11 Å². The number of nitrogens with zero attached hydrogens (tertiary/aromatic N) is 1. The first-order valence-corrected chi connectivity index (χ1v) is 7.47. The van der Waals surface area contributed by atoms with Crippen molar-refractivity contribution in [3.63, 3.8) is 0 Å². The van der Waals surface area contributed by atoms with Crippen molar-refractivity contribution in [2.75, 3.05) is 33.9 Å². The molecule has 1 rings (SSSR count). The number of hydrogen-bond donors (Lipinski definition) is 2. The Kier molecular flexibility index (Phi) is 7.50. The fourth-order valence-electron chi connectivity index (χ4n) is 2.06. The summed E-state index contributed by atoms with van der Waals surface area (Å²) in [5.74, 6) is 1.34. The van der Waals surface area contributed by atoms with E-state index in [2.05, 4.69) is 4.90 Å². The lowest BCUT2D eigenvalue weighted by molar-refractivity contribution is 0.137. The number of nitrogens with two attached hydrogens (primary N) is 1. The van der Waals surface area contributed by atoms with Gasteiger partial charge in [-0.1, -0.05) is 6.07 Å². The van der Waals surface area contributed by atoms with Crippen LogP contribution in [0.5, 0.6) is 11.5 Å². The smallest absolute Gasteiger partial charge is 0.161 e. The summed E-state index contributed by atoms with van der Waals surface area (Å²) in [6.45, 7) is 5.81. The first-order valence-electron chi connectivity index (χ1n) is 7.47. The van der Waals surface area contributed by atoms with E-state index in [0.717, 1.165) is 18.5 Å². The second-order valence-corrected chi connectivity index (χ2v) is 5.27. The van der Waals surface area contributed by atoms with Crippen LogP contribution in [0.3, 0.4) is 0 Å². The molecule has 2 atom stereocenters. The van der Waals surface area contributed by atoms with Gasteiger partial charge >= 0.3 is 0 Å². The van der Waals surface area contributed by atoms with Crippen molar-refractivity contribution in [3.05, 3.63) is 23.8 Å². The summed E-state index contributed by atoms with van der Waals surface area (Å²) in [6.07, 6.45) is 0.0190. The number of aliphatic hydroxyl groups excluding tert-OH is 1. The molecular formula is C16H28N2O3. The van der Waals surface area contributed by atoms with E-state index in [0.29, 0.717) is 24.7 Å². The van der Waals surface area contributed by atoms with Crippen LogP contribution in [-0.4, -0.2) is 49.9 Å². The van der Waals surface area contributed by atoms with Crippen LogP contribution in [-0.2, 0) is 0 Å². The minimum atomic E-state index is -0.708. The topological polar surface area (TPSA) is 68.0 Å². The first kappa shape index (κ1) is 17.8. The van der Waals surface area contributed by atoms with E-state index in [1.54, 1.807) is 0 Å². The molecule has 0 heterocycles. The quantitative estimate of drug-likeness (QED) is 0.727. The Balaban J connectivity index is 2.83. The maximum atomic E-state index is 10.4. The highest BCUT2D eigenvalue weighted by molar-refractivity contribution is 5.43. The molecule has 0 bridgehead atoms. The Hall–Kier alpha value is -1.30. The zero-order chi connectivity index (χ0) is 15.8. The van der Waals surface area contributed by atoms with E-state index in [-0.39, 0.29) is 6.04 Å². The molecule has 0 aliphatic heterocycles. The van der Waals surface area contributed by atoms with E-state index in [4.69, 9.17) is 15.2 Å². The highest BCUT2D eigenvalue weighted by Crippen LogP contribution is 2.31. The lowest BCUT2D eigenvalue weighted by atomic mass is 10.00. The van der Waals surface area contributed by atoms with Crippen LogP contribution in [0, 0.1) is 0 Å². The van der Waals surface area contributed by atoms with E-state index < -0.39 is 6.10 Å². The standard InChI is InChI=1S/C16H28N2O3/c1-5-20-14-8-7-12(11-15(14)21-6-2)16(19)13(17)9-10-18(3)4/h7-8,11,13,16,19H,5-6,9-10,17H2,1-4H3. The molecule has 5 nitrogen and oxygen atoms in total. The Morgan fingerprint density at radius 3 is 2.33 bits per heavy atom. The fourth-order valence-corrected chi connectivity index (χ4v) is 2.06. The molecule has 0 saturated heterocycles. The lowest BCUT2D eigenvalue weighted by Crippen LogP contribution is -2.32. The third kappa shape index (κ3) is 5.53. The molecule has 0 aromatic heterocycles. The molecule has 5 heteroatoms. The van der Waals surface area contributed by atoms with Gasteiger partial charge in [-0.25, -0.2) is 0 Å². The number of aliphatic hydroxyl groups is 1. The number of ether oxygens (including phenoxy) is 2. The first-order chi connectivity index (χ1) is 9.99. The summed E-state index contributed by atoms with van der Waals surface area (Å²) in [5, 5.41) is 10.4. The molecule has 0 radical (unpaired) electrons. The average Bonchev–Trinajstić information content (AvgIpc) is 2.46. The van der Waals surface area contributed by atoms with Gasteiger partial charge in [-0.2, -0.15) is 0 Å². The Labute approximate surface area is 127 Å². The minimum Gasteiger partial charge on any atom is -0.490 e. The lowest BCUT2D eigenvalue weighted by Gasteiger charge is -2.22. The Morgan fingerprint density at radius 2 is 1.76 bits per heavy atom. The summed E-state index contributed by atoms with van der Waals surface area (Å²) in [6, 6.07) is 5.17. The predicted molar refractivity (Wildman–Crippen MR) is 84.9 cm³/mol. The van der Waals surface area contributed by atoms with Crippen LogP contribution >= 0.6 is 0 Å². The number of hydrogen-bond acceptors (Lipinski definition) is 5. The Bertz CT molecular complexity index is 424. The van der Waals surface area contributed by atoms with E-state index in [1.807, 2.05) is 46.1 Å². The van der Waals surface area contributed by atoms with Crippen molar-refractivity contribution >= 4 is 0 Å². The summed E-state index contributed by atoms with van der Waals surface area (Å²) in [4.78, 5) is 2.05. The van der Waals surface area contributed by atoms with Gasteiger partial charge in [0.2, 0.25) is 0 Å². The van der Waals surface area contributed by atoms with Crippen molar-refractivity contribution in [3.8, 4) is 11.5 Å². The molecule has 0 aliphatic rings. The SMILES string of the molecule is CCOc1ccc(C(O)C(N)CCN(C)C)cc1OCC. The van der Waals surface area contributed by atoms with E-state index >= 15 is 0 Å². The second-order valence-electron chi connectivity index (χ2n) is 5.27. The van der Waals surface area contributed by atoms with Crippen LogP contribution in [0.2, 0.25) is 0 Å². The summed E-state index contributed by atoms with van der Waals surface area (Å²) < 4.78 is 11.1. The number of benzene rings is 1. The molecule has 21 heavy (non-hydrogen) atoms. The van der Waals surface area contributed by atoms with Crippen LogP contribution in [0.1, 0.15) is 31.9 Å². The molecule has 0 spiro atoms. The van der Waals surface area contributed by atoms with Gasteiger partial charge in [0, 0.05) is 6.04 Å². The molecule has 2 unspecified atom stereocenters. The maximum absolute atomic E-state index is 10.4. The van der Waals surface area contributed by atoms with Crippen molar-refractivity contribution in [2.45, 2.75) is 32.4 Å². The molecule has 0 amide bonds. The summed E-state index contributed by atoms with van der Waals surface area (Å²) in [7, 11) is 3.98. The molecule has 1 aromatic carbocycles. The molecule has 1 aromatic rings. The normalized spacial score (nSPS) is 14.0. The van der Waals surface area contributed by atoms with Gasteiger partial charge in [0.05, 0.1) is 19.3 Å².